The van der Waals surface area contributed by atoms with Gasteiger partial charge in [0.25, 0.3) is 0 Å². The van der Waals surface area contributed by atoms with Gasteiger partial charge in [0.15, 0.2) is 0 Å². The Morgan fingerprint density at radius 2 is 1.00 bits per heavy atom. The van der Waals surface area contributed by atoms with Crippen molar-refractivity contribution in [3.05, 3.63) is 60.7 Å². The molecule has 0 N–H and O–H groups in total. The molecule has 0 atom stereocenters. The fourth-order valence-corrected chi connectivity index (χ4v) is 7.53. The average molecular weight is 321 g/mol. The first kappa shape index (κ1) is 13.8. The second-order valence-electron chi connectivity index (χ2n) is 4.79. The van der Waals surface area contributed by atoms with Gasteiger partial charge in [-0.3, -0.25) is 0 Å². The second-order valence-corrected chi connectivity index (χ2v) is 8.66. The van der Waals surface area contributed by atoms with E-state index in [4.69, 9.17) is 0 Å². The van der Waals surface area contributed by atoms with Crippen LogP contribution >= 0.6 is 7.26 Å². The summed E-state index contributed by atoms with van der Waals surface area (Å²) in [6.45, 7) is 0. The van der Waals surface area contributed by atoms with E-state index in [1.54, 1.807) is 10.6 Å². The molecule has 0 spiro atoms. The van der Waals surface area contributed by atoms with Gasteiger partial charge in [0, 0.05) is 0 Å². The topological polar surface area (TPSA) is 0 Å². The molecule has 0 aliphatic carbocycles. The average Bonchev–Trinajstić information content (AvgIpc) is 2.91. The third kappa shape index (κ3) is 2.39. The minimum Gasteiger partial charge on any atom is -1.00 e. The van der Waals surface area contributed by atoms with Crippen LogP contribution in [0.2, 0.25) is 0 Å². The Labute approximate surface area is 121 Å². The predicted molar refractivity (Wildman–Crippen MR) is 78.0 cm³/mol. The number of hydrogen-bond acceptors (Lipinski definition) is 0. The minimum absolute atomic E-state index is 0. The van der Waals surface area contributed by atoms with Crippen molar-refractivity contribution in [1.82, 2.24) is 0 Å². The molecule has 0 amide bonds. The lowest BCUT2D eigenvalue weighted by atomic mass is 10.4. The molecule has 1 saturated heterocycles. The van der Waals surface area contributed by atoms with Crippen molar-refractivity contribution in [2.24, 2.45) is 0 Å². The van der Waals surface area contributed by atoms with Crippen LogP contribution in [0.3, 0.4) is 0 Å². The predicted octanol–water partition coefficient (Wildman–Crippen LogP) is 0.453. The van der Waals surface area contributed by atoms with Gasteiger partial charge in [-0.2, -0.15) is 0 Å². The molecular weight excluding hydrogens is 303 g/mol. The summed E-state index contributed by atoms with van der Waals surface area (Å²) < 4.78 is 0. The van der Waals surface area contributed by atoms with Crippen LogP contribution < -0.4 is 27.6 Å². The van der Waals surface area contributed by atoms with Crippen molar-refractivity contribution in [3.63, 3.8) is 0 Å². The van der Waals surface area contributed by atoms with Crippen LogP contribution in [0, 0.1) is 0 Å². The van der Waals surface area contributed by atoms with Gasteiger partial charge >= 0.3 is 0 Å². The van der Waals surface area contributed by atoms with E-state index in [2.05, 4.69) is 60.7 Å². The molecule has 1 aliphatic heterocycles. The molecular formula is C16H18BrP. The lowest BCUT2D eigenvalue weighted by Gasteiger charge is -2.22. The van der Waals surface area contributed by atoms with Crippen molar-refractivity contribution < 1.29 is 17.0 Å². The zero-order valence-corrected chi connectivity index (χ0v) is 12.9. The van der Waals surface area contributed by atoms with Crippen molar-refractivity contribution in [1.29, 1.82) is 0 Å². The summed E-state index contributed by atoms with van der Waals surface area (Å²) in [6, 6.07) is 22.4. The molecule has 18 heavy (non-hydrogen) atoms. The molecule has 1 heterocycles. The Kier molecular flexibility index (Phi) is 4.59. The number of rotatable bonds is 2. The minimum atomic E-state index is -1.05. The van der Waals surface area contributed by atoms with E-state index < -0.39 is 7.26 Å². The number of halogens is 1. The number of benzene rings is 2. The number of hydrogen-bond donors (Lipinski definition) is 0. The van der Waals surface area contributed by atoms with Gasteiger partial charge in [-0.1, -0.05) is 36.4 Å². The summed E-state index contributed by atoms with van der Waals surface area (Å²) in [4.78, 5) is 0. The molecule has 0 saturated carbocycles. The first-order chi connectivity index (χ1) is 8.42. The van der Waals surface area contributed by atoms with E-state index in [0.29, 0.717) is 0 Å². The summed E-state index contributed by atoms with van der Waals surface area (Å²) in [5, 5.41) is 3.20. The largest absolute Gasteiger partial charge is 1.00 e. The van der Waals surface area contributed by atoms with Crippen molar-refractivity contribution >= 4 is 17.9 Å². The Balaban J connectivity index is 0.00000120. The highest BCUT2D eigenvalue weighted by Gasteiger charge is 2.45. The van der Waals surface area contributed by atoms with E-state index >= 15 is 0 Å². The zero-order valence-electron chi connectivity index (χ0n) is 10.4. The normalized spacial score (nSPS) is 17.1. The van der Waals surface area contributed by atoms with Crippen LogP contribution in [0.5, 0.6) is 0 Å². The van der Waals surface area contributed by atoms with Gasteiger partial charge in [-0.15, -0.1) is 0 Å². The Bertz CT molecular complexity index is 433. The smallest absolute Gasteiger partial charge is 0.0991 e. The third-order valence-corrected chi connectivity index (χ3v) is 8.56. The van der Waals surface area contributed by atoms with Crippen LogP contribution in [0.4, 0.5) is 0 Å². The monoisotopic (exact) mass is 320 g/mol. The molecule has 2 aromatic carbocycles. The van der Waals surface area contributed by atoms with Crippen LogP contribution in [0.25, 0.3) is 0 Å². The quantitative estimate of drug-likeness (QED) is 0.705. The molecule has 0 nitrogen and oxygen atoms in total. The Morgan fingerprint density at radius 3 is 1.39 bits per heavy atom. The summed E-state index contributed by atoms with van der Waals surface area (Å²) in [5.74, 6) is 0. The highest BCUT2D eigenvalue weighted by Crippen LogP contribution is 2.61. The van der Waals surface area contributed by atoms with E-state index in [1.165, 1.54) is 25.2 Å². The third-order valence-electron chi connectivity index (χ3n) is 3.83. The molecule has 2 aromatic rings. The SMILES string of the molecule is [Br-].c1ccc([P+]2(c3ccccc3)CCCC2)cc1. The fourth-order valence-electron chi connectivity index (χ4n) is 2.97. The van der Waals surface area contributed by atoms with Crippen molar-refractivity contribution in [2.75, 3.05) is 12.3 Å². The van der Waals surface area contributed by atoms with E-state index in [-0.39, 0.29) is 17.0 Å². The van der Waals surface area contributed by atoms with Crippen molar-refractivity contribution in [2.45, 2.75) is 12.8 Å². The first-order valence-electron chi connectivity index (χ1n) is 6.40. The van der Waals surface area contributed by atoms with Gasteiger partial charge in [0.1, 0.15) is 0 Å². The van der Waals surface area contributed by atoms with Crippen LogP contribution in [0.1, 0.15) is 12.8 Å². The first-order valence-corrected chi connectivity index (χ1v) is 8.56. The van der Waals surface area contributed by atoms with E-state index in [1.807, 2.05) is 0 Å². The van der Waals surface area contributed by atoms with Crippen molar-refractivity contribution in [3.8, 4) is 0 Å². The summed E-state index contributed by atoms with van der Waals surface area (Å²) in [5.41, 5.74) is 0. The zero-order chi connectivity index (χ0) is 11.6. The maximum Gasteiger partial charge on any atom is 0.0991 e. The Hall–Kier alpha value is -0.650. The second kappa shape index (κ2) is 5.99. The van der Waals surface area contributed by atoms with Gasteiger partial charge in [-0.25, -0.2) is 0 Å². The molecule has 1 aliphatic rings. The molecule has 2 heteroatoms. The van der Waals surface area contributed by atoms with E-state index in [9.17, 15) is 0 Å². The van der Waals surface area contributed by atoms with Crippen LogP contribution in [-0.4, -0.2) is 12.3 Å². The molecule has 3 rings (SSSR count). The summed E-state index contributed by atoms with van der Waals surface area (Å²) in [6.07, 6.45) is 5.61. The lowest BCUT2D eigenvalue weighted by molar-refractivity contribution is -0.00000334. The molecule has 1 fully saturated rings. The lowest BCUT2D eigenvalue weighted by Crippen LogP contribution is -3.00. The van der Waals surface area contributed by atoms with E-state index in [0.717, 1.165) is 0 Å². The fraction of sp³-hybridized carbons (Fsp3) is 0.250. The van der Waals surface area contributed by atoms with Gasteiger partial charge < -0.3 is 17.0 Å². The highest BCUT2D eigenvalue weighted by atomic mass is 79.9. The Morgan fingerprint density at radius 1 is 0.611 bits per heavy atom. The van der Waals surface area contributed by atoms with Gasteiger partial charge in [0.05, 0.1) is 30.2 Å². The molecule has 0 aromatic heterocycles. The standard InChI is InChI=1S/C16H18P.BrH/c1-3-9-15(10-4-1)17(13-7-8-14-17)16-11-5-2-6-12-16;/h1-6,9-12H,7-8,13-14H2;1H/q+1;/p-1. The van der Waals surface area contributed by atoms with Crippen LogP contribution in [0.15, 0.2) is 60.7 Å². The molecule has 0 bridgehead atoms. The van der Waals surface area contributed by atoms with Crippen LogP contribution in [-0.2, 0) is 0 Å². The van der Waals surface area contributed by atoms with Gasteiger partial charge in [-0.05, 0) is 37.1 Å². The molecule has 0 unspecified atom stereocenters. The maximum absolute atomic E-state index is 2.34. The highest BCUT2D eigenvalue weighted by molar-refractivity contribution is 7.89. The molecule has 94 valence electrons. The molecule has 0 radical (unpaired) electrons. The summed E-state index contributed by atoms with van der Waals surface area (Å²) in [7, 11) is -1.05. The maximum atomic E-state index is 2.34. The van der Waals surface area contributed by atoms with Gasteiger partial charge in [0.2, 0.25) is 0 Å². The summed E-state index contributed by atoms with van der Waals surface area (Å²) >= 11 is 0.